The molecule has 17 heavy (non-hydrogen) atoms. The van der Waals surface area contributed by atoms with Crippen molar-refractivity contribution in [3.8, 4) is 0 Å². The molecule has 0 aliphatic heterocycles. The highest BCUT2D eigenvalue weighted by atomic mass is 19.1. The minimum absolute atomic E-state index is 0.150. The minimum Gasteiger partial charge on any atom is -0.374 e. The Morgan fingerprint density at radius 2 is 2.06 bits per heavy atom. The summed E-state index contributed by atoms with van der Waals surface area (Å²) < 4.78 is 19.0. The third-order valence-electron chi connectivity index (χ3n) is 3.88. The first kappa shape index (κ1) is 11.0. The summed E-state index contributed by atoms with van der Waals surface area (Å²) in [5.74, 6) is 0.626. The number of ether oxygens (including phenoxy) is 1. The number of halogens is 1. The van der Waals surface area contributed by atoms with Crippen molar-refractivity contribution in [1.82, 2.24) is 0 Å². The highest BCUT2D eigenvalue weighted by Crippen LogP contribution is 2.45. The zero-order valence-corrected chi connectivity index (χ0v) is 9.86. The largest absolute Gasteiger partial charge is 0.374 e. The molecule has 90 valence electrons. The van der Waals surface area contributed by atoms with Crippen LogP contribution < -0.4 is 0 Å². The molecule has 0 saturated heterocycles. The summed E-state index contributed by atoms with van der Waals surface area (Å²) in [7, 11) is 0. The Kier molecular flexibility index (Phi) is 2.98. The average Bonchev–Trinajstić information content (AvgIpc) is 2.36. The van der Waals surface area contributed by atoms with Crippen molar-refractivity contribution in [1.29, 1.82) is 0 Å². The zero-order chi connectivity index (χ0) is 11.7. The van der Waals surface area contributed by atoms with Crippen LogP contribution in [0.4, 0.5) is 4.39 Å². The van der Waals surface area contributed by atoms with E-state index in [0.29, 0.717) is 25.0 Å². The molecule has 0 heterocycles. The fraction of sp³-hybridized carbons (Fsp3) is 0.467. The van der Waals surface area contributed by atoms with Gasteiger partial charge in [0, 0.05) is 6.42 Å². The van der Waals surface area contributed by atoms with Crippen molar-refractivity contribution in [3.63, 3.8) is 0 Å². The predicted molar refractivity (Wildman–Crippen MR) is 65.1 cm³/mol. The monoisotopic (exact) mass is 232 g/mol. The van der Waals surface area contributed by atoms with Gasteiger partial charge in [0.2, 0.25) is 0 Å². The number of hydrogen-bond acceptors (Lipinski definition) is 1. The van der Waals surface area contributed by atoms with Crippen LogP contribution in [0.15, 0.2) is 41.7 Å². The Morgan fingerprint density at radius 1 is 1.24 bits per heavy atom. The summed E-state index contributed by atoms with van der Waals surface area (Å²) in [6, 6.07) is 10.2. The van der Waals surface area contributed by atoms with Crippen molar-refractivity contribution < 1.29 is 9.13 Å². The van der Waals surface area contributed by atoms with Crippen LogP contribution in [0.1, 0.15) is 31.2 Å². The van der Waals surface area contributed by atoms with Crippen LogP contribution in [0.2, 0.25) is 0 Å². The van der Waals surface area contributed by atoms with Gasteiger partial charge in [-0.05, 0) is 36.3 Å². The van der Waals surface area contributed by atoms with E-state index in [-0.39, 0.29) is 5.83 Å². The van der Waals surface area contributed by atoms with E-state index >= 15 is 0 Å². The third kappa shape index (κ3) is 2.27. The van der Waals surface area contributed by atoms with Crippen LogP contribution in [0.5, 0.6) is 0 Å². The molecular weight excluding hydrogens is 215 g/mol. The summed E-state index contributed by atoms with van der Waals surface area (Å²) >= 11 is 0. The van der Waals surface area contributed by atoms with Crippen molar-refractivity contribution in [2.24, 2.45) is 5.92 Å². The Morgan fingerprint density at radius 3 is 2.76 bits per heavy atom. The maximum Gasteiger partial charge on any atom is 0.100 e. The van der Waals surface area contributed by atoms with E-state index in [9.17, 15) is 4.39 Å². The van der Waals surface area contributed by atoms with Gasteiger partial charge in [0.1, 0.15) is 5.83 Å². The average molecular weight is 232 g/mol. The van der Waals surface area contributed by atoms with E-state index in [4.69, 9.17) is 4.74 Å². The maximum absolute atomic E-state index is 13.1. The van der Waals surface area contributed by atoms with Gasteiger partial charge in [0.15, 0.2) is 0 Å². The molecule has 2 aliphatic carbocycles. The molecule has 2 aliphatic rings. The standard InChI is InChI=1S/C15H17FO/c16-15-9-12-8-13(6-7-14(12)15)17-10-11-4-2-1-3-5-11/h1-5,12-13H,6-10H2. The molecule has 0 amide bonds. The SMILES string of the molecule is FC1=C2CCC(OCc3ccccc3)CC2C1. The molecular formula is C15H17FO. The molecule has 1 saturated carbocycles. The first-order chi connectivity index (χ1) is 8.33. The van der Waals surface area contributed by atoms with Gasteiger partial charge in [-0.25, -0.2) is 4.39 Å². The highest BCUT2D eigenvalue weighted by molar-refractivity contribution is 5.25. The molecule has 0 N–H and O–H groups in total. The molecule has 1 nitrogen and oxygen atoms in total. The van der Waals surface area contributed by atoms with E-state index in [1.54, 1.807) is 0 Å². The molecule has 2 heteroatoms. The molecule has 1 aromatic rings. The van der Waals surface area contributed by atoms with Crippen LogP contribution in [0.25, 0.3) is 0 Å². The molecule has 2 unspecified atom stereocenters. The molecule has 1 aromatic carbocycles. The van der Waals surface area contributed by atoms with E-state index in [2.05, 4.69) is 12.1 Å². The fourth-order valence-electron chi connectivity index (χ4n) is 2.82. The number of benzene rings is 1. The van der Waals surface area contributed by atoms with Gasteiger partial charge in [0.05, 0.1) is 12.7 Å². The molecule has 0 bridgehead atoms. The van der Waals surface area contributed by atoms with Gasteiger partial charge in [-0.15, -0.1) is 0 Å². The molecule has 0 spiro atoms. The van der Waals surface area contributed by atoms with Crippen LogP contribution in [0.3, 0.4) is 0 Å². The first-order valence-corrected chi connectivity index (χ1v) is 6.36. The summed E-state index contributed by atoms with van der Waals surface area (Å²) in [4.78, 5) is 0. The lowest BCUT2D eigenvalue weighted by Gasteiger charge is -2.37. The molecule has 1 fully saturated rings. The lowest BCUT2D eigenvalue weighted by Crippen LogP contribution is -2.30. The van der Waals surface area contributed by atoms with Gasteiger partial charge in [-0.1, -0.05) is 30.3 Å². The number of hydrogen-bond donors (Lipinski definition) is 0. The predicted octanol–water partition coefficient (Wildman–Crippen LogP) is 4.00. The Hall–Kier alpha value is -1.15. The second-order valence-corrected chi connectivity index (χ2v) is 5.02. The molecule has 0 radical (unpaired) electrons. The maximum atomic E-state index is 13.1. The topological polar surface area (TPSA) is 9.23 Å². The second-order valence-electron chi connectivity index (χ2n) is 5.02. The summed E-state index contributed by atoms with van der Waals surface area (Å²) in [6.07, 6.45) is 3.86. The Labute approximate surface area is 101 Å². The fourth-order valence-corrected chi connectivity index (χ4v) is 2.82. The van der Waals surface area contributed by atoms with E-state index in [1.165, 1.54) is 5.56 Å². The van der Waals surface area contributed by atoms with E-state index in [1.807, 2.05) is 18.2 Å². The molecule has 2 atom stereocenters. The van der Waals surface area contributed by atoms with Crippen molar-refractivity contribution in [3.05, 3.63) is 47.3 Å². The highest BCUT2D eigenvalue weighted by Gasteiger charge is 2.35. The summed E-state index contributed by atoms with van der Waals surface area (Å²) in [5.41, 5.74) is 2.29. The normalized spacial score (nSPS) is 27.6. The zero-order valence-electron chi connectivity index (χ0n) is 9.86. The lowest BCUT2D eigenvalue weighted by atomic mass is 9.72. The van der Waals surface area contributed by atoms with Gasteiger partial charge >= 0.3 is 0 Å². The van der Waals surface area contributed by atoms with Crippen LogP contribution in [0, 0.1) is 5.92 Å². The molecule has 3 rings (SSSR count). The Balaban J connectivity index is 1.51. The van der Waals surface area contributed by atoms with E-state index in [0.717, 1.165) is 24.8 Å². The van der Waals surface area contributed by atoms with Gasteiger partial charge in [0.25, 0.3) is 0 Å². The Bertz CT molecular complexity index is 424. The molecule has 0 aromatic heterocycles. The van der Waals surface area contributed by atoms with E-state index < -0.39 is 0 Å². The summed E-state index contributed by atoms with van der Waals surface area (Å²) in [6.45, 7) is 0.680. The van der Waals surface area contributed by atoms with Crippen molar-refractivity contribution in [2.45, 2.75) is 38.4 Å². The minimum atomic E-state index is 0.150. The van der Waals surface area contributed by atoms with Crippen molar-refractivity contribution in [2.75, 3.05) is 0 Å². The number of rotatable bonds is 3. The third-order valence-corrected chi connectivity index (χ3v) is 3.88. The van der Waals surface area contributed by atoms with Gasteiger partial charge < -0.3 is 4.74 Å². The van der Waals surface area contributed by atoms with Gasteiger partial charge in [-0.2, -0.15) is 0 Å². The van der Waals surface area contributed by atoms with Crippen LogP contribution >= 0.6 is 0 Å². The second kappa shape index (κ2) is 4.61. The number of fused-ring (bicyclic) bond motifs is 1. The van der Waals surface area contributed by atoms with Crippen LogP contribution in [-0.4, -0.2) is 6.10 Å². The van der Waals surface area contributed by atoms with Gasteiger partial charge in [-0.3, -0.25) is 0 Å². The number of allylic oxidation sites excluding steroid dienone is 2. The lowest BCUT2D eigenvalue weighted by molar-refractivity contribution is 0.00736. The first-order valence-electron chi connectivity index (χ1n) is 6.36. The summed E-state index contributed by atoms with van der Waals surface area (Å²) in [5, 5.41) is 0. The quantitative estimate of drug-likeness (QED) is 0.765. The smallest absolute Gasteiger partial charge is 0.100 e. The van der Waals surface area contributed by atoms with Crippen molar-refractivity contribution >= 4 is 0 Å². The van der Waals surface area contributed by atoms with Crippen LogP contribution in [-0.2, 0) is 11.3 Å².